The van der Waals surface area contributed by atoms with Gasteiger partial charge in [0.05, 0.1) is 0 Å². The van der Waals surface area contributed by atoms with Gasteiger partial charge in [0.1, 0.15) is 5.82 Å². The van der Waals surface area contributed by atoms with Crippen LogP contribution in [0.25, 0.3) is 0 Å². The number of nitrogens with one attached hydrogen (secondary N) is 2. The van der Waals surface area contributed by atoms with Crippen molar-refractivity contribution in [3.8, 4) is 0 Å². The number of benzene rings is 2. The summed E-state index contributed by atoms with van der Waals surface area (Å²) in [7, 11) is 0. The van der Waals surface area contributed by atoms with Crippen molar-refractivity contribution in [3.05, 3.63) is 65.5 Å². The Morgan fingerprint density at radius 2 is 1.49 bits per heavy atom. The van der Waals surface area contributed by atoms with E-state index in [2.05, 4.69) is 32.6 Å². The fraction of sp³-hybridized carbons (Fsp3) is 0.552. The molecular formula is C29H39FN4O. The van der Waals surface area contributed by atoms with Crippen molar-refractivity contribution in [2.24, 2.45) is 0 Å². The van der Waals surface area contributed by atoms with E-state index < -0.39 is 0 Å². The molecule has 1 saturated carbocycles. The van der Waals surface area contributed by atoms with Gasteiger partial charge in [-0.25, -0.2) is 4.39 Å². The van der Waals surface area contributed by atoms with Gasteiger partial charge in [-0.1, -0.05) is 25.0 Å². The van der Waals surface area contributed by atoms with Crippen LogP contribution in [-0.4, -0.2) is 55.6 Å². The van der Waals surface area contributed by atoms with E-state index in [0.717, 1.165) is 64.0 Å². The predicted octanol–water partition coefficient (Wildman–Crippen LogP) is 4.89. The summed E-state index contributed by atoms with van der Waals surface area (Å²) in [5.74, 6) is -0.114. The molecule has 5 rings (SSSR count). The maximum absolute atomic E-state index is 13.5. The second-order valence-electron chi connectivity index (χ2n) is 10.5. The Labute approximate surface area is 209 Å². The Hall–Kier alpha value is -2.44. The van der Waals surface area contributed by atoms with Gasteiger partial charge in [-0.15, -0.1) is 0 Å². The molecule has 0 bridgehead atoms. The second kappa shape index (κ2) is 11.5. The molecule has 2 aliphatic heterocycles. The van der Waals surface area contributed by atoms with Crippen molar-refractivity contribution in [3.63, 3.8) is 0 Å². The smallest absolute Gasteiger partial charge is 0.251 e. The largest absolute Gasteiger partial charge is 0.371 e. The first-order valence-corrected chi connectivity index (χ1v) is 13.5. The lowest BCUT2D eigenvalue weighted by Gasteiger charge is -2.36. The summed E-state index contributed by atoms with van der Waals surface area (Å²) in [6.45, 7) is 5.17. The lowest BCUT2D eigenvalue weighted by atomic mass is 10.0. The molecule has 35 heavy (non-hydrogen) atoms. The van der Waals surface area contributed by atoms with Gasteiger partial charge in [0.2, 0.25) is 0 Å². The van der Waals surface area contributed by atoms with Crippen LogP contribution in [0.5, 0.6) is 0 Å². The van der Waals surface area contributed by atoms with Gasteiger partial charge >= 0.3 is 0 Å². The molecular weight excluding hydrogens is 439 g/mol. The van der Waals surface area contributed by atoms with Crippen molar-refractivity contribution in [1.82, 2.24) is 15.5 Å². The van der Waals surface area contributed by atoms with Crippen molar-refractivity contribution in [2.75, 3.05) is 37.6 Å². The average molecular weight is 479 g/mol. The van der Waals surface area contributed by atoms with Gasteiger partial charge in [-0.3, -0.25) is 9.69 Å². The second-order valence-corrected chi connectivity index (χ2v) is 10.5. The molecule has 2 heterocycles. The van der Waals surface area contributed by atoms with Crippen LogP contribution in [0.2, 0.25) is 0 Å². The molecule has 2 saturated heterocycles. The van der Waals surface area contributed by atoms with Crippen LogP contribution in [0.1, 0.15) is 73.3 Å². The molecule has 1 amide bonds. The van der Waals surface area contributed by atoms with Crippen molar-refractivity contribution in [2.45, 2.75) is 69.5 Å². The number of amides is 1. The van der Waals surface area contributed by atoms with Gasteiger partial charge in [-0.2, -0.15) is 0 Å². The number of halogens is 1. The number of carbonyl (C=O) groups is 1. The summed E-state index contributed by atoms with van der Waals surface area (Å²) in [6.07, 6.45) is 9.35. The highest BCUT2D eigenvalue weighted by atomic mass is 19.1. The molecule has 3 fully saturated rings. The van der Waals surface area contributed by atoms with E-state index in [-0.39, 0.29) is 11.7 Å². The molecule has 1 atom stereocenters. The van der Waals surface area contributed by atoms with E-state index in [1.165, 1.54) is 36.9 Å². The van der Waals surface area contributed by atoms with E-state index in [4.69, 9.17) is 0 Å². The van der Waals surface area contributed by atoms with E-state index >= 15 is 0 Å². The van der Waals surface area contributed by atoms with Crippen LogP contribution in [0.4, 0.5) is 10.1 Å². The molecule has 0 radical (unpaired) electrons. The van der Waals surface area contributed by atoms with E-state index in [1.807, 2.05) is 24.3 Å². The summed E-state index contributed by atoms with van der Waals surface area (Å²) >= 11 is 0. The molecule has 2 aromatic rings. The third-order valence-corrected chi connectivity index (χ3v) is 8.12. The highest BCUT2D eigenvalue weighted by molar-refractivity contribution is 5.94. The predicted molar refractivity (Wildman–Crippen MR) is 139 cm³/mol. The average Bonchev–Trinajstić information content (AvgIpc) is 3.61. The fourth-order valence-electron chi connectivity index (χ4n) is 5.98. The third kappa shape index (κ3) is 6.22. The van der Waals surface area contributed by atoms with Crippen LogP contribution < -0.4 is 15.5 Å². The highest BCUT2D eigenvalue weighted by Gasteiger charge is 2.26. The van der Waals surface area contributed by atoms with E-state index in [1.54, 1.807) is 12.1 Å². The van der Waals surface area contributed by atoms with Gasteiger partial charge in [-0.05, 0) is 93.6 Å². The molecule has 3 aliphatic rings. The molecule has 2 aromatic carbocycles. The van der Waals surface area contributed by atoms with Crippen LogP contribution in [0.15, 0.2) is 48.5 Å². The summed E-state index contributed by atoms with van der Waals surface area (Å²) in [4.78, 5) is 17.5. The number of hydrogen-bond acceptors (Lipinski definition) is 4. The van der Waals surface area contributed by atoms with Crippen LogP contribution >= 0.6 is 0 Å². The Bertz CT molecular complexity index is 944. The molecule has 2 N–H and O–H groups in total. The first-order valence-electron chi connectivity index (χ1n) is 13.5. The number of rotatable bonds is 8. The van der Waals surface area contributed by atoms with Gasteiger partial charge in [0.15, 0.2) is 0 Å². The molecule has 5 nitrogen and oxygen atoms in total. The summed E-state index contributed by atoms with van der Waals surface area (Å²) < 4.78 is 13.5. The molecule has 188 valence electrons. The molecule has 1 aliphatic carbocycles. The quantitative estimate of drug-likeness (QED) is 0.567. The first-order chi connectivity index (χ1) is 17.2. The number of piperidine rings is 1. The Kier molecular flexibility index (Phi) is 7.99. The fourth-order valence-corrected chi connectivity index (χ4v) is 5.98. The normalized spacial score (nSPS) is 20.9. The number of nitrogens with zero attached hydrogens (tertiary/aromatic N) is 2. The monoisotopic (exact) mass is 478 g/mol. The summed E-state index contributed by atoms with van der Waals surface area (Å²) in [5.41, 5.74) is 3.16. The molecule has 0 aromatic heterocycles. The maximum atomic E-state index is 13.5. The molecule has 0 unspecified atom stereocenters. The Morgan fingerprint density at radius 1 is 0.829 bits per heavy atom. The van der Waals surface area contributed by atoms with Crippen LogP contribution in [-0.2, 0) is 0 Å². The van der Waals surface area contributed by atoms with Crippen LogP contribution in [0.3, 0.4) is 0 Å². The van der Waals surface area contributed by atoms with Crippen molar-refractivity contribution >= 4 is 11.6 Å². The minimum Gasteiger partial charge on any atom is -0.371 e. The Balaban J connectivity index is 1.11. The minimum atomic E-state index is -0.170. The SMILES string of the molecule is O=C(NC1CCCC1)c1ccc(N2CCC(NC[C@H](c3ccc(F)cc3)N3CCCC3)CC2)cc1. The molecule has 0 spiro atoms. The lowest BCUT2D eigenvalue weighted by molar-refractivity contribution is 0.0938. The zero-order chi connectivity index (χ0) is 24.0. The number of likely N-dealkylation sites (tertiary alicyclic amines) is 1. The van der Waals surface area contributed by atoms with Gasteiger partial charge < -0.3 is 15.5 Å². The van der Waals surface area contributed by atoms with Crippen molar-refractivity contribution < 1.29 is 9.18 Å². The van der Waals surface area contributed by atoms with Gasteiger partial charge in [0, 0.05) is 49.0 Å². The lowest BCUT2D eigenvalue weighted by Crippen LogP contribution is -2.45. The number of carbonyl (C=O) groups excluding carboxylic acids is 1. The summed E-state index contributed by atoms with van der Waals surface area (Å²) in [5, 5.41) is 7.00. The van der Waals surface area contributed by atoms with Crippen molar-refractivity contribution in [1.29, 1.82) is 0 Å². The minimum absolute atomic E-state index is 0.0556. The standard InChI is InChI=1S/C29H39FN4O/c30-24-11-7-22(8-12-24)28(34-17-3-4-18-34)21-31-25-15-19-33(20-16-25)27-13-9-23(10-14-27)29(35)32-26-5-1-2-6-26/h7-14,25-26,28,31H,1-6,15-21H2,(H,32,35)/t28-/m1/s1. The molecule has 6 heteroatoms. The zero-order valence-electron chi connectivity index (χ0n) is 20.7. The number of anilines is 1. The van der Waals surface area contributed by atoms with Gasteiger partial charge in [0.25, 0.3) is 5.91 Å². The third-order valence-electron chi connectivity index (χ3n) is 8.12. The maximum Gasteiger partial charge on any atom is 0.251 e. The first kappa shape index (κ1) is 24.3. The number of hydrogen-bond donors (Lipinski definition) is 2. The van der Waals surface area contributed by atoms with E-state index in [9.17, 15) is 9.18 Å². The zero-order valence-corrected chi connectivity index (χ0v) is 20.7. The van der Waals surface area contributed by atoms with Crippen LogP contribution in [0, 0.1) is 5.82 Å². The Morgan fingerprint density at radius 3 is 2.14 bits per heavy atom. The topological polar surface area (TPSA) is 47.6 Å². The van der Waals surface area contributed by atoms with E-state index in [0.29, 0.717) is 18.1 Å². The summed E-state index contributed by atoms with van der Waals surface area (Å²) in [6, 6.07) is 16.3. The highest BCUT2D eigenvalue weighted by Crippen LogP contribution is 2.26.